The van der Waals surface area contributed by atoms with Gasteiger partial charge in [-0.2, -0.15) is 0 Å². The van der Waals surface area contributed by atoms with Crippen LogP contribution in [0, 0.1) is 5.82 Å². The Morgan fingerprint density at radius 1 is 1.13 bits per heavy atom. The molecule has 0 spiro atoms. The van der Waals surface area contributed by atoms with Gasteiger partial charge in [-0.1, -0.05) is 11.6 Å². The van der Waals surface area contributed by atoms with Crippen molar-refractivity contribution in [1.82, 2.24) is 9.97 Å². The average molecular weight is 330 g/mol. The van der Waals surface area contributed by atoms with Gasteiger partial charge in [0.1, 0.15) is 16.8 Å². The van der Waals surface area contributed by atoms with Crippen molar-refractivity contribution < 1.29 is 14.3 Å². The summed E-state index contributed by atoms with van der Waals surface area (Å²) >= 11 is 5.86. The molecule has 7 heteroatoms. The Morgan fingerprint density at radius 2 is 1.91 bits per heavy atom. The van der Waals surface area contributed by atoms with E-state index in [4.69, 9.17) is 11.6 Å². The van der Waals surface area contributed by atoms with Crippen molar-refractivity contribution in [1.29, 1.82) is 0 Å². The van der Waals surface area contributed by atoms with E-state index in [9.17, 15) is 14.3 Å². The molecule has 1 amide bonds. The molecular weight excluding hydrogens is 321 g/mol. The lowest BCUT2D eigenvalue weighted by Gasteiger charge is -2.19. The fraction of sp³-hybridized carbons (Fsp3) is 0.0625. The van der Waals surface area contributed by atoms with Crippen molar-refractivity contribution in [3.05, 3.63) is 64.6 Å². The van der Waals surface area contributed by atoms with Gasteiger partial charge in [-0.25, -0.2) is 14.4 Å². The van der Waals surface area contributed by atoms with Crippen molar-refractivity contribution in [3.8, 4) is 0 Å². The quantitative estimate of drug-likeness (QED) is 0.697. The third kappa shape index (κ3) is 2.15. The topological polar surface area (TPSA) is 66.3 Å². The van der Waals surface area contributed by atoms with E-state index in [-0.39, 0.29) is 22.1 Å². The lowest BCUT2D eigenvalue weighted by atomic mass is 10.1. The Morgan fingerprint density at radius 3 is 2.74 bits per heavy atom. The van der Waals surface area contributed by atoms with E-state index in [1.165, 1.54) is 12.1 Å². The maximum atomic E-state index is 13.4. The second-order valence-electron chi connectivity index (χ2n) is 5.13. The minimum absolute atomic E-state index is 0.218. The van der Waals surface area contributed by atoms with E-state index >= 15 is 0 Å². The number of fused-ring (bicyclic) bond motifs is 2. The zero-order valence-corrected chi connectivity index (χ0v) is 12.3. The first kappa shape index (κ1) is 14.0. The number of anilines is 1. The molecule has 0 fully saturated rings. The number of rotatable bonds is 1. The number of aromatic nitrogens is 2. The summed E-state index contributed by atoms with van der Waals surface area (Å²) in [5.74, 6) is -0.736. The van der Waals surface area contributed by atoms with Crippen molar-refractivity contribution in [2.24, 2.45) is 0 Å². The van der Waals surface area contributed by atoms with E-state index in [2.05, 4.69) is 9.97 Å². The minimum Gasteiger partial charge on any atom is -0.369 e. The SMILES string of the molecule is O=C1c2ccc(F)cc2C(O)N1c1ccc2ccc(Cl)nc2n1. The summed E-state index contributed by atoms with van der Waals surface area (Å²) in [6.45, 7) is 0. The largest absolute Gasteiger partial charge is 0.369 e. The molecule has 0 saturated heterocycles. The zero-order chi connectivity index (χ0) is 16.1. The number of amides is 1. The Labute approximate surface area is 135 Å². The smallest absolute Gasteiger partial charge is 0.262 e. The van der Waals surface area contributed by atoms with E-state index in [0.717, 1.165) is 16.4 Å². The number of aliphatic hydroxyl groups excluding tert-OH is 1. The van der Waals surface area contributed by atoms with Gasteiger partial charge in [0.15, 0.2) is 11.9 Å². The normalized spacial score (nSPS) is 16.9. The van der Waals surface area contributed by atoms with Gasteiger partial charge in [0.2, 0.25) is 0 Å². The predicted octanol–water partition coefficient (Wildman–Crippen LogP) is 3.07. The van der Waals surface area contributed by atoms with E-state index < -0.39 is 18.0 Å². The van der Waals surface area contributed by atoms with Crippen LogP contribution < -0.4 is 4.90 Å². The van der Waals surface area contributed by atoms with Crippen LogP contribution in [0.3, 0.4) is 0 Å². The number of aliphatic hydroxyl groups is 1. The molecule has 1 aromatic carbocycles. The molecule has 2 aromatic heterocycles. The molecular formula is C16H9ClFN3O2. The number of pyridine rings is 2. The van der Waals surface area contributed by atoms with Crippen LogP contribution >= 0.6 is 11.6 Å². The Kier molecular flexibility index (Phi) is 3.04. The average Bonchev–Trinajstić information content (AvgIpc) is 2.77. The number of carbonyl (C=O) groups excluding carboxylic acids is 1. The summed E-state index contributed by atoms with van der Waals surface area (Å²) in [6.07, 6.45) is -1.29. The van der Waals surface area contributed by atoms with Gasteiger partial charge >= 0.3 is 0 Å². The molecule has 1 atom stereocenters. The highest BCUT2D eigenvalue weighted by molar-refractivity contribution is 6.29. The van der Waals surface area contributed by atoms with Crippen LogP contribution in [0.2, 0.25) is 5.15 Å². The number of benzene rings is 1. The Balaban J connectivity index is 1.84. The molecule has 1 aliphatic heterocycles. The highest BCUT2D eigenvalue weighted by atomic mass is 35.5. The van der Waals surface area contributed by atoms with Gasteiger partial charge in [0, 0.05) is 16.5 Å². The summed E-state index contributed by atoms with van der Waals surface area (Å²) < 4.78 is 13.4. The first-order valence-corrected chi connectivity index (χ1v) is 7.17. The van der Waals surface area contributed by atoms with E-state index in [1.807, 2.05) is 0 Å². The van der Waals surface area contributed by atoms with Crippen LogP contribution in [-0.2, 0) is 0 Å². The molecule has 4 rings (SSSR count). The first-order valence-electron chi connectivity index (χ1n) is 6.79. The first-order chi connectivity index (χ1) is 11.0. The second kappa shape index (κ2) is 4.97. The van der Waals surface area contributed by atoms with Crippen LogP contribution in [-0.4, -0.2) is 21.0 Å². The summed E-state index contributed by atoms with van der Waals surface area (Å²) in [5, 5.41) is 11.4. The monoisotopic (exact) mass is 329 g/mol. The lowest BCUT2D eigenvalue weighted by Crippen LogP contribution is -2.28. The minimum atomic E-state index is -1.29. The predicted molar refractivity (Wildman–Crippen MR) is 82.7 cm³/mol. The molecule has 0 aliphatic carbocycles. The summed E-state index contributed by atoms with van der Waals surface area (Å²) in [5.41, 5.74) is 0.827. The molecule has 0 saturated carbocycles. The lowest BCUT2D eigenvalue weighted by molar-refractivity contribution is 0.0933. The van der Waals surface area contributed by atoms with Crippen molar-refractivity contribution in [2.75, 3.05) is 4.90 Å². The van der Waals surface area contributed by atoms with Crippen LogP contribution in [0.4, 0.5) is 10.2 Å². The number of nitrogens with zero attached hydrogens (tertiary/aromatic N) is 3. The third-order valence-electron chi connectivity index (χ3n) is 3.74. The Bertz CT molecular complexity index is 963. The molecule has 0 bridgehead atoms. The maximum Gasteiger partial charge on any atom is 0.262 e. The number of hydrogen-bond donors (Lipinski definition) is 1. The molecule has 1 aliphatic rings. The van der Waals surface area contributed by atoms with Crippen LogP contribution in [0.1, 0.15) is 22.1 Å². The van der Waals surface area contributed by atoms with Crippen LogP contribution in [0.25, 0.3) is 11.0 Å². The molecule has 23 heavy (non-hydrogen) atoms. The van der Waals surface area contributed by atoms with E-state index in [0.29, 0.717) is 5.65 Å². The van der Waals surface area contributed by atoms with Crippen molar-refractivity contribution in [3.63, 3.8) is 0 Å². The van der Waals surface area contributed by atoms with Gasteiger partial charge in [-0.05, 0) is 42.5 Å². The van der Waals surface area contributed by atoms with Gasteiger partial charge in [0.05, 0.1) is 0 Å². The summed E-state index contributed by atoms with van der Waals surface area (Å²) in [7, 11) is 0. The molecule has 1 unspecified atom stereocenters. The highest BCUT2D eigenvalue weighted by Gasteiger charge is 2.37. The molecule has 114 valence electrons. The fourth-order valence-electron chi connectivity index (χ4n) is 2.65. The molecule has 0 radical (unpaired) electrons. The Hall–Kier alpha value is -2.57. The van der Waals surface area contributed by atoms with E-state index in [1.54, 1.807) is 24.3 Å². The fourth-order valence-corrected chi connectivity index (χ4v) is 2.79. The van der Waals surface area contributed by atoms with Gasteiger partial charge in [0.25, 0.3) is 5.91 Å². The number of carbonyl (C=O) groups is 1. The van der Waals surface area contributed by atoms with Crippen LogP contribution in [0.15, 0.2) is 42.5 Å². The standard InChI is InChI=1S/C16H9ClFN3O2/c17-12-5-1-8-2-6-13(20-14(8)19-12)21-15(22)10-4-3-9(18)7-11(10)16(21)23/h1-7,16,23H. The summed E-state index contributed by atoms with van der Waals surface area (Å²) in [6, 6.07) is 10.4. The highest BCUT2D eigenvalue weighted by Crippen LogP contribution is 2.35. The van der Waals surface area contributed by atoms with Crippen molar-refractivity contribution in [2.45, 2.75) is 6.23 Å². The second-order valence-corrected chi connectivity index (χ2v) is 5.52. The van der Waals surface area contributed by atoms with Crippen LogP contribution in [0.5, 0.6) is 0 Å². The molecule has 5 nitrogen and oxygen atoms in total. The van der Waals surface area contributed by atoms with Gasteiger partial charge < -0.3 is 5.11 Å². The molecule has 1 N–H and O–H groups in total. The molecule has 3 aromatic rings. The third-order valence-corrected chi connectivity index (χ3v) is 3.95. The number of halogens is 2. The summed E-state index contributed by atoms with van der Waals surface area (Å²) in [4.78, 5) is 22.0. The van der Waals surface area contributed by atoms with Crippen molar-refractivity contribution >= 4 is 34.4 Å². The molecule has 3 heterocycles. The maximum absolute atomic E-state index is 13.4. The van der Waals surface area contributed by atoms with Gasteiger partial charge in [-0.15, -0.1) is 0 Å². The number of hydrogen-bond acceptors (Lipinski definition) is 4. The van der Waals surface area contributed by atoms with Gasteiger partial charge in [-0.3, -0.25) is 9.69 Å². The zero-order valence-electron chi connectivity index (χ0n) is 11.6.